The van der Waals surface area contributed by atoms with E-state index in [0.717, 1.165) is 44.2 Å². The van der Waals surface area contributed by atoms with E-state index in [9.17, 15) is 0 Å². The molecule has 0 aliphatic carbocycles. The van der Waals surface area contributed by atoms with E-state index >= 15 is 0 Å². The Bertz CT molecular complexity index is 412. The summed E-state index contributed by atoms with van der Waals surface area (Å²) in [4.78, 5) is 4.52. The monoisotopic (exact) mass is 275 g/mol. The Hall–Kier alpha value is -1.97. The predicted octanol–water partition coefficient (Wildman–Crippen LogP) is 2.37. The van der Waals surface area contributed by atoms with Crippen LogP contribution in [0.15, 0.2) is 41.9 Å². The summed E-state index contributed by atoms with van der Waals surface area (Å²) in [5.74, 6) is 1.75. The van der Waals surface area contributed by atoms with Crippen molar-refractivity contribution in [1.29, 1.82) is 0 Å². The van der Waals surface area contributed by atoms with Crippen molar-refractivity contribution >= 4 is 5.96 Å². The van der Waals surface area contributed by atoms with Crippen LogP contribution in [0.5, 0.6) is 5.75 Å². The molecule has 0 atom stereocenters. The molecule has 110 valence electrons. The minimum atomic E-state index is 0.727. The van der Waals surface area contributed by atoms with Crippen LogP contribution in [-0.2, 0) is 6.42 Å². The third kappa shape index (κ3) is 6.27. The lowest BCUT2D eigenvalue weighted by Crippen LogP contribution is -2.37. The number of hydrogen-bond donors (Lipinski definition) is 2. The van der Waals surface area contributed by atoms with Gasteiger partial charge in [-0.05, 0) is 37.5 Å². The van der Waals surface area contributed by atoms with Crippen LogP contribution in [0.2, 0.25) is 0 Å². The van der Waals surface area contributed by atoms with E-state index in [2.05, 4.69) is 41.3 Å². The van der Waals surface area contributed by atoms with E-state index in [4.69, 9.17) is 4.74 Å². The van der Waals surface area contributed by atoms with Gasteiger partial charge in [0.1, 0.15) is 5.75 Å². The molecule has 0 saturated heterocycles. The second-order valence-corrected chi connectivity index (χ2v) is 4.38. The Morgan fingerprint density at radius 2 is 2.05 bits per heavy atom. The van der Waals surface area contributed by atoms with Crippen LogP contribution in [0.1, 0.15) is 18.9 Å². The number of aliphatic imine (C=N–C) groups is 1. The summed E-state index contributed by atoms with van der Waals surface area (Å²) < 4.78 is 5.14. The van der Waals surface area contributed by atoms with Gasteiger partial charge in [-0.3, -0.25) is 4.99 Å². The molecule has 0 amide bonds. The van der Waals surface area contributed by atoms with Gasteiger partial charge in [0.2, 0.25) is 0 Å². The fraction of sp³-hybridized carbons (Fsp3) is 0.438. The summed E-state index contributed by atoms with van der Waals surface area (Å²) in [7, 11) is 1.68. The van der Waals surface area contributed by atoms with Crippen LogP contribution in [0.3, 0.4) is 0 Å². The molecule has 0 unspecified atom stereocenters. The van der Waals surface area contributed by atoms with E-state index in [1.54, 1.807) is 7.11 Å². The van der Waals surface area contributed by atoms with Crippen LogP contribution in [-0.4, -0.2) is 32.7 Å². The molecule has 0 heterocycles. The number of nitrogens with zero attached hydrogens (tertiary/aromatic N) is 1. The average molecular weight is 275 g/mol. The molecule has 0 spiro atoms. The van der Waals surface area contributed by atoms with E-state index in [1.165, 1.54) is 5.56 Å². The third-order valence-corrected chi connectivity index (χ3v) is 2.81. The molecule has 0 bridgehead atoms. The molecule has 0 aliphatic heterocycles. The number of hydrogen-bond acceptors (Lipinski definition) is 2. The number of rotatable bonds is 8. The van der Waals surface area contributed by atoms with Crippen molar-refractivity contribution in [1.82, 2.24) is 10.6 Å². The molecular weight excluding hydrogens is 250 g/mol. The summed E-state index contributed by atoms with van der Waals surface area (Å²) in [6.07, 6.45) is 3.87. The predicted molar refractivity (Wildman–Crippen MR) is 85.5 cm³/mol. The normalized spacial score (nSPS) is 11.0. The average Bonchev–Trinajstić information content (AvgIpc) is 2.49. The molecule has 0 aliphatic rings. The molecule has 0 radical (unpaired) electrons. The molecule has 1 rings (SSSR count). The number of guanidine groups is 1. The van der Waals surface area contributed by atoms with Crippen molar-refractivity contribution in [2.45, 2.75) is 19.8 Å². The van der Waals surface area contributed by atoms with Crippen molar-refractivity contribution in [2.75, 3.05) is 26.7 Å². The first-order valence-corrected chi connectivity index (χ1v) is 7.06. The molecule has 20 heavy (non-hydrogen) atoms. The molecule has 0 saturated carbocycles. The van der Waals surface area contributed by atoms with Gasteiger partial charge in [0.25, 0.3) is 0 Å². The Balaban J connectivity index is 2.35. The summed E-state index contributed by atoms with van der Waals surface area (Å²) in [6, 6.07) is 8.19. The first-order valence-electron chi connectivity index (χ1n) is 7.06. The highest BCUT2D eigenvalue weighted by molar-refractivity contribution is 5.79. The summed E-state index contributed by atoms with van der Waals surface area (Å²) in [6.45, 7) is 8.14. The fourth-order valence-corrected chi connectivity index (χ4v) is 1.78. The van der Waals surface area contributed by atoms with Gasteiger partial charge in [-0.2, -0.15) is 0 Å². The standard InChI is InChI=1S/C16H25N3O/c1-4-12-18-16(17-5-2)19-13-6-7-14-8-10-15(20-3)11-9-14/h4,8-11H,1,5-7,12-13H2,2-3H3,(H2,17,18,19). The van der Waals surface area contributed by atoms with Crippen molar-refractivity contribution in [2.24, 2.45) is 4.99 Å². The number of benzene rings is 1. The molecule has 1 aromatic carbocycles. The highest BCUT2D eigenvalue weighted by Crippen LogP contribution is 2.12. The van der Waals surface area contributed by atoms with Gasteiger partial charge in [-0.25, -0.2) is 0 Å². The van der Waals surface area contributed by atoms with Gasteiger partial charge in [0, 0.05) is 19.6 Å². The van der Waals surface area contributed by atoms with Crippen molar-refractivity contribution in [3.63, 3.8) is 0 Å². The molecule has 0 fully saturated rings. The molecule has 1 aromatic rings. The fourth-order valence-electron chi connectivity index (χ4n) is 1.78. The van der Waals surface area contributed by atoms with Gasteiger partial charge >= 0.3 is 0 Å². The van der Waals surface area contributed by atoms with Gasteiger partial charge in [-0.1, -0.05) is 18.2 Å². The number of nitrogens with one attached hydrogen (secondary N) is 2. The van der Waals surface area contributed by atoms with Gasteiger partial charge in [-0.15, -0.1) is 6.58 Å². The van der Waals surface area contributed by atoms with Crippen LogP contribution in [0, 0.1) is 0 Å². The largest absolute Gasteiger partial charge is 0.497 e. The Labute approximate surface area is 121 Å². The van der Waals surface area contributed by atoms with Crippen molar-refractivity contribution in [3.8, 4) is 5.75 Å². The molecule has 4 nitrogen and oxygen atoms in total. The van der Waals surface area contributed by atoms with Gasteiger partial charge in [0.05, 0.1) is 7.11 Å². The second-order valence-electron chi connectivity index (χ2n) is 4.38. The second kappa shape index (κ2) is 9.89. The lowest BCUT2D eigenvalue weighted by atomic mass is 10.1. The molecule has 2 N–H and O–H groups in total. The van der Waals surface area contributed by atoms with Crippen LogP contribution >= 0.6 is 0 Å². The lowest BCUT2D eigenvalue weighted by Gasteiger charge is -2.09. The molecule has 0 aromatic heterocycles. The van der Waals surface area contributed by atoms with E-state index in [1.807, 2.05) is 18.2 Å². The minimum absolute atomic E-state index is 0.727. The number of ether oxygens (including phenoxy) is 1. The zero-order chi connectivity index (χ0) is 14.6. The zero-order valence-corrected chi connectivity index (χ0v) is 12.5. The topological polar surface area (TPSA) is 45.7 Å². The number of aryl methyl sites for hydroxylation is 1. The highest BCUT2D eigenvalue weighted by Gasteiger charge is 1.96. The van der Waals surface area contributed by atoms with Crippen molar-refractivity contribution < 1.29 is 4.74 Å². The molecule has 4 heteroatoms. The maximum Gasteiger partial charge on any atom is 0.191 e. The van der Waals surface area contributed by atoms with Crippen LogP contribution < -0.4 is 15.4 Å². The quantitative estimate of drug-likeness (QED) is 0.331. The van der Waals surface area contributed by atoms with Crippen molar-refractivity contribution in [3.05, 3.63) is 42.5 Å². The van der Waals surface area contributed by atoms with E-state index in [0.29, 0.717) is 0 Å². The lowest BCUT2D eigenvalue weighted by molar-refractivity contribution is 0.414. The summed E-state index contributed by atoms with van der Waals surface area (Å²) >= 11 is 0. The number of methoxy groups -OCH3 is 1. The molecular formula is C16H25N3O. The summed E-state index contributed by atoms with van der Waals surface area (Å²) in [5.41, 5.74) is 1.31. The first kappa shape index (κ1) is 16.1. The maximum atomic E-state index is 5.14. The Morgan fingerprint density at radius 3 is 2.65 bits per heavy atom. The first-order chi connectivity index (χ1) is 9.80. The SMILES string of the molecule is C=CCNC(=NCCCc1ccc(OC)cc1)NCC. The third-order valence-electron chi connectivity index (χ3n) is 2.81. The highest BCUT2D eigenvalue weighted by atomic mass is 16.5. The maximum absolute atomic E-state index is 5.14. The minimum Gasteiger partial charge on any atom is -0.497 e. The van der Waals surface area contributed by atoms with Crippen LogP contribution in [0.4, 0.5) is 0 Å². The van der Waals surface area contributed by atoms with Gasteiger partial charge < -0.3 is 15.4 Å². The van der Waals surface area contributed by atoms with E-state index in [-0.39, 0.29) is 0 Å². The smallest absolute Gasteiger partial charge is 0.191 e. The summed E-state index contributed by atoms with van der Waals surface area (Å²) in [5, 5.41) is 6.39. The zero-order valence-electron chi connectivity index (χ0n) is 12.5. The Kier molecular flexibility index (Phi) is 7.96. The van der Waals surface area contributed by atoms with Gasteiger partial charge in [0.15, 0.2) is 5.96 Å². The van der Waals surface area contributed by atoms with E-state index < -0.39 is 0 Å². The Morgan fingerprint density at radius 1 is 1.30 bits per heavy atom. The van der Waals surface area contributed by atoms with Crippen LogP contribution in [0.25, 0.3) is 0 Å².